The topological polar surface area (TPSA) is 44.8 Å². The van der Waals surface area contributed by atoms with Crippen LogP contribution in [0.4, 0.5) is 0 Å². The Morgan fingerprint density at radius 3 is 2.65 bits per heavy atom. The fourth-order valence-corrected chi connectivity index (χ4v) is 1.88. The maximum absolute atomic E-state index is 11.7. The van der Waals surface area contributed by atoms with E-state index in [-0.39, 0.29) is 18.2 Å². The Balaban J connectivity index is 1.85. The van der Waals surface area contributed by atoms with Crippen molar-refractivity contribution in [2.45, 2.75) is 64.4 Å². The molecule has 0 aromatic rings. The maximum Gasteiger partial charge on any atom is 0.311 e. The first-order chi connectivity index (χ1) is 8.13. The predicted molar refractivity (Wildman–Crippen MR) is 62.2 cm³/mol. The molecule has 2 aliphatic rings. The van der Waals surface area contributed by atoms with Gasteiger partial charge >= 0.3 is 5.97 Å². The number of rotatable bonds is 5. The van der Waals surface area contributed by atoms with Crippen LogP contribution in [0, 0.1) is 5.92 Å². The largest absolute Gasteiger partial charge is 0.433 e. The van der Waals surface area contributed by atoms with Gasteiger partial charge in [0, 0.05) is 20.0 Å². The number of carbonyl (C=O) groups is 1. The molecule has 0 spiro atoms. The third kappa shape index (κ3) is 3.68. The number of carbonyl (C=O) groups excluding carboxylic acids is 1. The summed E-state index contributed by atoms with van der Waals surface area (Å²) in [6.45, 7) is 4.52. The Kier molecular flexibility index (Phi) is 4.05. The second kappa shape index (κ2) is 5.36. The van der Waals surface area contributed by atoms with Crippen LogP contribution in [-0.2, 0) is 19.0 Å². The number of ether oxygens (including phenoxy) is 3. The second-order valence-electron chi connectivity index (χ2n) is 5.10. The number of hydrogen-bond donors (Lipinski definition) is 0. The van der Waals surface area contributed by atoms with Crippen molar-refractivity contribution in [3.8, 4) is 0 Å². The van der Waals surface area contributed by atoms with E-state index < -0.39 is 5.79 Å². The molecule has 0 aromatic heterocycles. The van der Waals surface area contributed by atoms with E-state index >= 15 is 0 Å². The van der Waals surface area contributed by atoms with Crippen molar-refractivity contribution in [1.29, 1.82) is 0 Å². The summed E-state index contributed by atoms with van der Waals surface area (Å²) in [4.78, 5) is 11.7. The smallest absolute Gasteiger partial charge is 0.311 e. The molecule has 1 aliphatic carbocycles. The van der Waals surface area contributed by atoms with E-state index in [1.807, 2.05) is 13.8 Å². The average Bonchev–Trinajstić information content (AvgIpc) is 3.14. The van der Waals surface area contributed by atoms with Crippen LogP contribution in [0.1, 0.15) is 52.4 Å². The molecule has 0 amide bonds. The molecule has 1 saturated carbocycles. The zero-order chi connectivity index (χ0) is 12.3. The van der Waals surface area contributed by atoms with Crippen LogP contribution in [0.25, 0.3) is 0 Å². The minimum absolute atomic E-state index is 0.108. The molecule has 0 bridgehead atoms. The van der Waals surface area contributed by atoms with Crippen molar-refractivity contribution in [3.63, 3.8) is 0 Å². The Labute approximate surface area is 103 Å². The third-order valence-corrected chi connectivity index (χ3v) is 3.39. The lowest BCUT2D eigenvalue weighted by atomic mass is 10.2. The van der Waals surface area contributed by atoms with E-state index in [2.05, 4.69) is 0 Å². The van der Waals surface area contributed by atoms with Gasteiger partial charge in [0.1, 0.15) is 0 Å². The molecule has 17 heavy (non-hydrogen) atoms. The molecule has 2 atom stereocenters. The van der Waals surface area contributed by atoms with Gasteiger partial charge in [0.25, 0.3) is 0 Å². The first kappa shape index (κ1) is 12.8. The van der Waals surface area contributed by atoms with Crippen LogP contribution in [0.15, 0.2) is 0 Å². The molecule has 98 valence electrons. The minimum atomic E-state index is -0.832. The molecule has 1 heterocycles. The number of esters is 1. The van der Waals surface area contributed by atoms with Gasteiger partial charge in [-0.1, -0.05) is 6.92 Å². The predicted octanol–water partition coefficient (Wildman–Crippen LogP) is 2.61. The van der Waals surface area contributed by atoms with Crippen LogP contribution in [-0.4, -0.2) is 24.7 Å². The van der Waals surface area contributed by atoms with E-state index in [4.69, 9.17) is 14.2 Å². The van der Waals surface area contributed by atoms with Gasteiger partial charge in [0.15, 0.2) is 6.29 Å². The van der Waals surface area contributed by atoms with Gasteiger partial charge in [-0.05, 0) is 32.1 Å². The average molecular weight is 242 g/mol. The molecule has 2 unspecified atom stereocenters. The van der Waals surface area contributed by atoms with Gasteiger partial charge in [-0.15, -0.1) is 0 Å². The van der Waals surface area contributed by atoms with E-state index in [0.717, 1.165) is 38.7 Å². The van der Waals surface area contributed by atoms with E-state index in [1.54, 1.807) is 0 Å². The summed E-state index contributed by atoms with van der Waals surface area (Å²) in [5.41, 5.74) is 0. The van der Waals surface area contributed by atoms with E-state index in [9.17, 15) is 4.79 Å². The van der Waals surface area contributed by atoms with Crippen molar-refractivity contribution < 1.29 is 19.0 Å². The quantitative estimate of drug-likeness (QED) is 0.549. The fraction of sp³-hybridized carbons (Fsp3) is 0.923. The summed E-state index contributed by atoms with van der Waals surface area (Å²) >= 11 is 0. The molecule has 4 heteroatoms. The van der Waals surface area contributed by atoms with Crippen molar-refractivity contribution in [2.24, 2.45) is 5.92 Å². The number of hydrogen-bond acceptors (Lipinski definition) is 4. The summed E-state index contributed by atoms with van der Waals surface area (Å²) in [5.74, 6) is -0.844. The van der Waals surface area contributed by atoms with Crippen LogP contribution >= 0.6 is 0 Å². The van der Waals surface area contributed by atoms with Crippen LogP contribution in [0.2, 0.25) is 0 Å². The highest BCUT2D eigenvalue weighted by Crippen LogP contribution is 2.33. The summed E-state index contributed by atoms with van der Waals surface area (Å²) in [7, 11) is 0. The maximum atomic E-state index is 11.7. The minimum Gasteiger partial charge on any atom is -0.433 e. The third-order valence-electron chi connectivity index (χ3n) is 3.39. The van der Waals surface area contributed by atoms with Gasteiger partial charge < -0.3 is 14.2 Å². The zero-order valence-corrected chi connectivity index (χ0v) is 10.7. The van der Waals surface area contributed by atoms with Gasteiger partial charge in [-0.2, -0.15) is 0 Å². The molecular weight excluding hydrogens is 220 g/mol. The molecule has 0 N–H and O–H groups in total. The zero-order valence-electron chi connectivity index (χ0n) is 10.7. The Bertz CT molecular complexity index is 269. The highest BCUT2D eigenvalue weighted by Gasteiger charge is 2.38. The first-order valence-electron chi connectivity index (χ1n) is 6.65. The summed E-state index contributed by atoms with van der Waals surface area (Å²) < 4.78 is 16.8. The van der Waals surface area contributed by atoms with Crippen LogP contribution in [0.3, 0.4) is 0 Å². The van der Waals surface area contributed by atoms with Crippen molar-refractivity contribution in [2.75, 3.05) is 6.61 Å². The Hall–Kier alpha value is -0.610. The lowest BCUT2D eigenvalue weighted by Gasteiger charge is -2.34. The van der Waals surface area contributed by atoms with Crippen molar-refractivity contribution >= 4 is 5.97 Å². The molecule has 1 aliphatic heterocycles. The van der Waals surface area contributed by atoms with Crippen LogP contribution in [0.5, 0.6) is 0 Å². The molecule has 2 rings (SSSR count). The molecular formula is C13H22O4. The summed E-state index contributed by atoms with van der Waals surface area (Å²) in [6.07, 6.45) is 5.42. The Morgan fingerprint density at radius 1 is 1.35 bits per heavy atom. The molecule has 2 fully saturated rings. The lowest BCUT2D eigenvalue weighted by Crippen LogP contribution is -2.40. The van der Waals surface area contributed by atoms with Crippen molar-refractivity contribution in [1.82, 2.24) is 0 Å². The van der Waals surface area contributed by atoms with Gasteiger partial charge in [0.2, 0.25) is 5.79 Å². The summed E-state index contributed by atoms with van der Waals surface area (Å²) in [6, 6.07) is 0. The molecule has 0 aromatic carbocycles. The van der Waals surface area contributed by atoms with E-state index in [1.165, 1.54) is 0 Å². The van der Waals surface area contributed by atoms with Crippen LogP contribution < -0.4 is 0 Å². The first-order valence-corrected chi connectivity index (χ1v) is 6.65. The summed E-state index contributed by atoms with van der Waals surface area (Å²) in [5, 5.41) is 0. The standard InChI is InChI=1S/C13H22O4/c1-3-13(2,17-12(14)10-7-8-10)16-11-6-4-5-9-15-11/h10-11H,3-9H2,1-2H3. The van der Waals surface area contributed by atoms with Crippen molar-refractivity contribution in [3.05, 3.63) is 0 Å². The van der Waals surface area contributed by atoms with Gasteiger partial charge in [-0.3, -0.25) is 4.79 Å². The molecule has 0 radical (unpaired) electrons. The lowest BCUT2D eigenvalue weighted by molar-refractivity contribution is -0.299. The Morgan fingerprint density at radius 2 is 2.12 bits per heavy atom. The monoisotopic (exact) mass is 242 g/mol. The van der Waals surface area contributed by atoms with E-state index in [0.29, 0.717) is 6.42 Å². The highest BCUT2D eigenvalue weighted by molar-refractivity contribution is 5.75. The molecule has 4 nitrogen and oxygen atoms in total. The second-order valence-corrected chi connectivity index (χ2v) is 5.10. The van der Waals surface area contributed by atoms with Gasteiger partial charge in [-0.25, -0.2) is 0 Å². The normalized spacial score (nSPS) is 28.5. The highest BCUT2D eigenvalue weighted by atomic mass is 16.8. The van der Waals surface area contributed by atoms with Gasteiger partial charge in [0.05, 0.1) is 5.92 Å². The fourth-order valence-electron chi connectivity index (χ4n) is 1.88. The molecule has 1 saturated heterocycles. The SMILES string of the molecule is CCC(C)(OC(=O)C1CC1)OC1CCCCO1.